The van der Waals surface area contributed by atoms with E-state index in [1.165, 1.54) is 0 Å². The first-order valence-corrected chi connectivity index (χ1v) is 5.15. The minimum Gasteiger partial charge on any atom is -0.362 e. The van der Waals surface area contributed by atoms with E-state index in [1.807, 2.05) is 12.2 Å². The van der Waals surface area contributed by atoms with Crippen molar-refractivity contribution < 1.29 is 14.6 Å². The van der Waals surface area contributed by atoms with E-state index in [-0.39, 0.29) is 6.29 Å². The van der Waals surface area contributed by atoms with Crippen LogP contribution in [0.25, 0.3) is 0 Å². The van der Waals surface area contributed by atoms with Crippen molar-refractivity contribution in [2.24, 2.45) is 0 Å². The summed E-state index contributed by atoms with van der Waals surface area (Å²) in [5.41, 5.74) is 0. The lowest BCUT2D eigenvalue weighted by atomic mass is 10.1. The second-order valence-electron chi connectivity index (χ2n) is 3.75. The van der Waals surface area contributed by atoms with Crippen LogP contribution in [0.15, 0.2) is 24.3 Å². The molecule has 0 aromatic carbocycles. The van der Waals surface area contributed by atoms with Crippen LogP contribution in [0.2, 0.25) is 0 Å². The molecule has 0 bridgehead atoms. The maximum Gasteiger partial charge on any atom is 0.191 e. The average molecular weight is 196 g/mol. The number of hydrogen-bond donors (Lipinski definition) is 1. The van der Waals surface area contributed by atoms with Crippen molar-refractivity contribution in [3.05, 3.63) is 24.3 Å². The molecule has 2 rings (SSSR count). The van der Waals surface area contributed by atoms with Gasteiger partial charge in [0.15, 0.2) is 12.1 Å². The van der Waals surface area contributed by atoms with E-state index >= 15 is 0 Å². The van der Waals surface area contributed by atoms with Gasteiger partial charge in [-0.05, 0) is 25.3 Å². The van der Waals surface area contributed by atoms with Gasteiger partial charge in [-0.25, -0.2) is 0 Å². The summed E-state index contributed by atoms with van der Waals surface area (Å²) in [5.74, 6) is -1.16. The fraction of sp³-hybridized carbons (Fsp3) is 0.636. The molecular formula is C11H16O3. The van der Waals surface area contributed by atoms with Crippen LogP contribution in [0.3, 0.4) is 0 Å². The van der Waals surface area contributed by atoms with Gasteiger partial charge in [-0.1, -0.05) is 18.2 Å². The lowest BCUT2D eigenvalue weighted by Gasteiger charge is -2.32. The molecule has 0 radical (unpaired) electrons. The Hall–Kier alpha value is -0.640. The first-order chi connectivity index (χ1) is 6.79. The highest BCUT2D eigenvalue weighted by Gasteiger charge is 2.29. The van der Waals surface area contributed by atoms with Crippen molar-refractivity contribution in [2.45, 2.75) is 37.8 Å². The van der Waals surface area contributed by atoms with Crippen LogP contribution in [0.5, 0.6) is 0 Å². The highest BCUT2D eigenvalue weighted by atomic mass is 16.7. The van der Waals surface area contributed by atoms with E-state index < -0.39 is 5.79 Å². The molecule has 1 aliphatic heterocycles. The Labute approximate surface area is 84.0 Å². The zero-order valence-corrected chi connectivity index (χ0v) is 8.19. The van der Waals surface area contributed by atoms with Crippen LogP contribution in [-0.4, -0.2) is 23.8 Å². The van der Waals surface area contributed by atoms with Crippen molar-refractivity contribution >= 4 is 0 Å². The first kappa shape index (κ1) is 9.90. The predicted molar refractivity (Wildman–Crippen MR) is 52.5 cm³/mol. The minimum atomic E-state index is -1.16. The minimum absolute atomic E-state index is 0.245. The fourth-order valence-corrected chi connectivity index (χ4v) is 1.71. The molecule has 2 atom stereocenters. The SMILES string of the molecule is OC1(OC2CCCCO2)C=CC=CC1. The van der Waals surface area contributed by atoms with Gasteiger partial charge in [0.25, 0.3) is 0 Å². The molecular weight excluding hydrogens is 180 g/mol. The molecule has 0 aromatic heterocycles. The Morgan fingerprint density at radius 3 is 2.93 bits per heavy atom. The van der Waals surface area contributed by atoms with Gasteiger partial charge in [-0.3, -0.25) is 0 Å². The summed E-state index contributed by atoms with van der Waals surface area (Å²) in [6.07, 6.45) is 10.6. The summed E-state index contributed by atoms with van der Waals surface area (Å²) in [4.78, 5) is 0. The number of allylic oxidation sites excluding steroid dienone is 2. The molecule has 1 saturated heterocycles. The predicted octanol–water partition coefficient (Wildman–Crippen LogP) is 1.73. The zero-order chi connectivity index (χ0) is 9.86. The molecule has 3 nitrogen and oxygen atoms in total. The van der Waals surface area contributed by atoms with E-state index in [0.717, 1.165) is 25.9 Å². The molecule has 1 fully saturated rings. The van der Waals surface area contributed by atoms with Crippen LogP contribution in [0.4, 0.5) is 0 Å². The van der Waals surface area contributed by atoms with Gasteiger partial charge in [0.2, 0.25) is 0 Å². The summed E-state index contributed by atoms with van der Waals surface area (Å²) < 4.78 is 10.9. The van der Waals surface area contributed by atoms with Crippen molar-refractivity contribution in [3.8, 4) is 0 Å². The Morgan fingerprint density at radius 1 is 1.36 bits per heavy atom. The van der Waals surface area contributed by atoms with E-state index in [1.54, 1.807) is 12.2 Å². The van der Waals surface area contributed by atoms with Gasteiger partial charge in [0.05, 0.1) is 0 Å². The monoisotopic (exact) mass is 196 g/mol. The molecule has 0 amide bonds. The van der Waals surface area contributed by atoms with Crippen LogP contribution in [0, 0.1) is 0 Å². The fourth-order valence-electron chi connectivity index (χ4n) is 1.71. The lowest BCUT2D eigenvalue weighted by molar-refractivity contribution is -0.276. The van der Waals surface area contributed by atoms with Gasteiger partial charge < -0.3 is 14.6 Å². The summed E-state index contributed by atoms with van der Waals surface area (Å²) in [5, 5.41) is 9.98. The zero-order valence-electron chi connectivity index (χ0n) is 8.19. The first-order valence-electron chi connectivity index (χ1n) is 5.15. The normalized spacial score (nSPS) is 37.4. The highest BCUT2D eigenvalue weighted by Crippen LogP contribution is 2.25. The second kappa shape index (κ2) is 4.26. The molecule has 1 aliphatic carbocycles. The standard InChI is InChI=1S/C11H16O3/c12-11(7-3-1-4-8-11)14-10-6-2-5-9-13-10/h1,3-4,7,10,12H,2,5-6,8-9H2. The summed E-state index contributed by atoms with van der Waals surface area (Å²) in [7, 11) is 0. The van der Waals surface area contributed by atoms with Gasteiger partial charge in [0.1, 0.15) is 0 Å². The van der Waals surface area contributed by atoms with Crippen LogP contribution >= 0.6 is 0 Å². The molecule has 2 aliphatic rings. The Morgan fingerprint density at radius 2 is 2.29 bits per heavy atom. The molecule has 0 saturated carbocycles. The van der Waals surface area contributed by atoms with Gasteiger partial charge in [0, 0.05) is 13.0 Å². The quantitative estimate of drug-likeness (QED) is 0.684. The Kier molecular flexibility index (Phi) is 3.01. The van der Waals surface area contributed by atoms with Crippen molar-refractivity contribution in [3.63, 3.8) is 0 Å². The molecule has 14 heavy (non-hydrogen) atoms. The summed E-state index contributed by atoms with van der Waals surface area (Å²) >= 11 is 0. The maximum atomic E-state index is 9.98. The van der Waals surface area contributed by atoms with Crippen LogP contribution in [-0.2, 0) is 9.47 Å². The third-order valence-corrected chi connectivity index (χ3v) is 2.49. The smallest absolute Gasteiger partial charge is 0.191 e. The second-order valence-corrected chi connectivity index (χ2v) is 3.75. The molecule has 0 aromatic rings. The third-order valence-electron chi connectivity index (χ3n) is 2.49. The average Bonchev–Trinajstić information content (AvgIpc) is 2.19. The van der Waals surface area contributed by atoms with E-state index in [0.29, 0.717) is 6.42 Å². The molecule has 78 valence electrons. The maximum absolute atomic E-state index is 9.98. The number of aliphatic hydroxyl groups is 1. The number of hydrogen-bond acceptors (Lipinski definition) is 3. The Balaban J connectivity index is 1.88. The number of rotatable bonds is 2. The molecule has 0 spiro atoms. The van der Waals surface area contributed by atoms with E-state index in [4.69, 9.17) is 9.47 Å². The summed E-state index contributed by atoms with van der Waals surface area (Å²) in [6, 6.07) is 0. The van der Waals surface area contributed by atoms with E-state index in [9.17, 15) is 5.11 Å². The van der Waals surface area contributed by atoms with Crippen LogP contribution in [0.1, 0.15) is 25.7 Å². The molecule has 2 unspecified atom stereocenters. The van der Waals surface area contributed by atoms with Crippen LogP contribution < -0.4 is 0 Å². The van der Waals surface area contributed by atoms with Crippen molar-refractivity contribution in [2.75, 3.05) is 6.61 Å². The van der Waals surface area contributed by atoms with Gasteiger partial charge in [-0.2, -0.15) is 0 Å². The van der Waals surface area contributed by atoms with Crippen molar-refractivity contribution in [1.82, 2.24) is 0 Å². The molecule has 1 heterocycles. The lowest BCUT2D eigenvalue weighted by Crippen LogP contribution is -2.37. The third kappa shape index (κ3) is 2.44. The van der Waals surface area contributed by atoms with Crippen molar-refractivity contribution in [1.29, 1.82) is 0 Å². The topological polar surface area (TPSA) is 38.7 Å². The van der Waals surface area contributed by atoms with Gasteiger partial charge in [-0.15, -0.1) is 0 Å². The van der Waals surface area contributed by atoms with E-state index in [2.05, 4.69) is 0 Å². The van der Waals surface area contributed by atoms with Gasteiger partial charge >= 0.3 is 0 Å². The highest BCUT2D eigenvalue weighted by molar-refractivity contribution is 5.14. The summed E-state index contributed by atoms with van der Waals surface area (Å²) in [6.45, 7) is 0.736. The Bertz CT molecular complexity index is 241. The largest absolute Gasteiger partial charge is 0.362 e. The molecule has 3 heteroatoms. The number of ether oxygens (including phenoxy) is 2. The molecule has 1 N–H and O–H groups in total.